The second kappa shape index (κ2) is 4.56. The van der Waals surface area contributed by atoms with Gasteiger partial charge in [0.05, 0.1) is 0 Å². The first-order valence-electron chi connectivity index (χ1n) is 5.19. The molecule has 0 saturated carbocycles. The molecule has 0 atom stereocenters. The van der Waals surface area contributed by atoms with Crippen LogP contribution in [0.1, 0.15) is 35.4 Å². The van der Waals surface area contributed by atoms with Crippen molar-refractivity contribution < 1.29 is 4.79 Å². The summed E-state index contributed by atoms with van der Waals surface area (Å²) < 4.78 is 1.58. The molecule has 1 amide bonds. The number of nitrogens with one attached hydrogen (secondary N) is 1. The van der Waals surface area contributed by atoms with E-state index in [1.165, 1.54) is 11.3 Å². The van der Waals surface area contributed by atoms with Gasteiger partial charge in [0.2, 0.25) is 9.97 Å². The Bertz CT molecular complexity index is 503. The van der Waals surface area contributed by atoms with Crippen LogP contribution in [-0.2, 0) is 0 Å². The van der Waals surface area contributed by atoms with Gasteiger partial charge in [-0.2, -0.15) is 4.52 Å². The van der Waals surface area contributed by atoms with E-state index in [4.69, 9.17) is 0 Å². The van der Waals surface area contributed by atoms with Crippen molar-refractivity contribution in [2.75, 3.05) is 6.54 Å². The maximum atomic E-state index is 11.7. The third-order valence-corrected chi connectivity index (χ3v) is 3.05. The molecule has 0 aliphatic carbocycles. The molecule has 0 spiro atoms. The molecule has 0 fully saturated rings. The van der Waals surface area contributed by atoms with Crippen LogP contribution in [-0.4, -0.2) is 32.3 Å². The zero-order chi connectivity index (χ0) is 11.5. The molecule has 2 aromatic heterocycles. The Morgan fingerprint density at radius 1 is 1.50 bits per heavy atom. The maximum absolute atomic E-state index is 11.7. The molecule has 16 heavy (non-hydrogen) atoms. The molecule has 0 aliphatic rings. The Balaban J connectivity index is 2.11. The number of rotatable bonds is 4. The van der Waals surface area contributed by atoms with Gasteiger partial charge in [0.1, 0.15) is 0 Å². The van der Waals surface area contributed by atoms with Gasteiger partial charge in [0.15, 0.2) is 5.82 Å². The number of aryl methyl sites for hydroxylation is 1. The fourth-order valence-corrected chi connectivity index (χ4v) is 2.06. The van der Waals surface area contributed by atoms with Gasteiger partial charge in [-0.25, -0.2) is 0 Å². The quantitative estimate of drug-likeness (QED) is 0.809. The van der Waals surface area contributed by atoms with E-state index in [2.05, 4.69) is 27.5 Å². The highest BCUT2D eigenvalue weighted by Gasteiger charge is 2.14. The Hall–Kier alpha value is -1.50. The summed E-state index contributed by atoms with van der Waals surface area (Å²) in [5.41, 5.74) is 0. The number of carbonyl (C=O) groups excluding carboxylic acids is 1. The van der Waals surface area contributed by atoms with Crippen LogP contribution < -0.4 is 5.32 Å². The number of nitrogens with zero attached hydrogens (tertiary/aromatic N) is 4. The SMILES string of the molecule is CCCCNC(=O)c1nn2c(C)nnc2s1. The van der Waals surface area contributed by atoms with Crippen LogP contribution in [0.3, 0.4) is 0 Å². The van der Waals surface area contributed by atoms with E-state index in [0.717, 1.165) is 12.8 Å². The molecule has 2 rings (SSSR count). The minimum absolute atomic E-state index is 0.136. The first-order valence-corrected chi connectivity index (χ1v) is 6.01. The van der Waals surface area contributed by atoms with Crippen LogP contribution in [0, 0.1) is 6.92 Å². The second-order valence-corrected chi connectivity index (χ2v) is 4.41. The van der Waals surface area contributed by atoms with E-state index < -0.39 is 0 Å². The third kappa shape index (κ3) is 2.04. The average Bonchev–Trinajstić information content (AvgIpc) is 2.82. The summed E-state index contributed by atoms with van der Waals surface area (Å²) >= 11 is 1.25. The molecule has 7 heteroatoms. The van der Waals surface area contributed by atoms with Gasteiger partial charge in [-0.3, -0.25) is 4.79 Å². The highest BCUT2D eigenvalue weighted by atomic mass is 32.1. The maximum Gasteiger partial charge on any atom is 0.282 e. The second-order valence-electron chi connectivity index (χ2n) is 3.46. The zero-order valence-electron chi connectivity index (χ0n) is 9.23. The lowest BCUT2D eigenvalue weighted by Crippen LogP contribution is -2.24. The van der Waals surface area contributed by atoms with Crippen molar-refractivity contribution in [3.63, 3.8) is 0 Å². The Kier molecular flexibility index (Phi) is 3.14. The van der Waals surface area contributed by atoms with Crippen molar-refractivity contribution in [3.8, 4) is 0 Å². The van der Waals surface area contributed by atoms with Gasteiger partial charge < -0.3 is 5.32 Å². The summed E-state index contributed by atoms with van der Waals surface area (Å²) in [6.07, 6.45) is 2.04. The lowest BCUT2D eigenvalue weighted by molar-refractivity contribution is 0.0951. The molecular weight excluding hydrogens is 226 g/mol. The van der Waals surface area contributed by atoms with Gasteiger partial charge in [-0.05, 0) is 13.3 Å². The first-order chi connectivity index (χ1) is 7.72. The smallest absolute Gasteiger partial charge is 0.282 e. The number of carbonyl (C=O) groups is 1. The molecule has 0 aromatic carbocycles. The van der Waals surface area contributed by atoms with Crippen molar-refractivity contribution >= 4 is 22.2 Å². The van der Waals surface area contributed by atoms with Crippen LogP contribution in [0.5, 0.6) is 0 Å². The number of amides is 1. The molecule has 0 unspecified atom stereocenters. The van der Waals surface area contributed by atoms with Crippen LogP contribution in [0.4, 0.5) is 0 Å². The summed E-state index contributed by atoms with van der Waals surface area (Å²) in [6, 6.07) is 0. The number of aromatic nitrogens is 4. The van der Waals surface area contributed by atoms with Crippen molar-refractivity contribution in [1.82, 2.24) is 25.1 Å². The summed E-state index contributed by atoms with van der Waals surface area (Å²) in [5, 5.41) is 15.2. The predicted octanol–water partition coefficient (Wildman–Crippen LogP) is 1.02. The minimum Gasteiger partial charge on any atom is -0.350 e. The molecule has 0 aliphatic heterocycles. The molecule has 2 aromatic rings. The van der Waals surface area contributed by atoms with Crippen molar-refractivity contribution in [3.05, 3.63) is 10.8 Å². The van der Waals surface area contributed by atoms with Crippen molar-refractivity contribution in [1.29, 1.82) is 0 Å². The van der Waals surface area contributed by atoms with E-state index in [9.17, 15) is 4.79 Å². The van der Waals surface area contributed by atoms with Crippen molar-refractivity contribution in [2.45, 2.75) is 26.7 Å². The topological polar surface area (TPSA) is 72.2 Å². The third-order valence-electron chi connectivity index (χ3n) is 2.16. The molecule has 0 saturated heterocycles. The van der Waals surface area contributed by atoms with Crippen molar-refractivity contribution in [2.24, 2.45) is 0 Å². The fraction of sp³-hybridized carbons (Fsp3) is 0.556. The van der Waals surface area contributed by atoms with Gasteiger partial charge in [-0.15, -0.1) is 15.3 Å². The average molecular weight is 239 g/mol. The van der Waals surface area contributed by atoms with Crippen LogP contribution in [0.15, 0.2) is 0 Å². The highest BCUT2D eigenvalue weighted by molar-refractivity contribution is 7.18. The van der Waals surface area contributed by atoms with Crippen LogP contribution >= 0.6 is 11.3 Å². The summed E-state index contributed by atoms with van der Waals surface area (Å²) in [4.78, 5) is 12.3. The lowest BCUT2D eigenvalue weighted by atomic mass is 10.3. The predicted molar refractivity (Wildman–Crippen MR) is 60.6 cm³/mol. The molecular formula is C9H13N5OS. The van der Waals surface area contributed by atoms with E-state index in [-0.39, 0.29) is 5.91 Å². The van der Waals surface area contributed by atoms with E-state index >= 15 is 0 Å². The highest BCUT2D eigenvalue weighted by Crippen LogP contribution is 2.13. The number of hydrogen-bond donors (Lipinski definition) is 1. The Labute approximate surface area is 96.7 Å². The monoisotopic (exact) mass is 239 g/mol. The lowest BCUT2D eigenvalue weighted by Gasteiger charge is -1.99. The van der Waals surface area contributed by atoms with E-state index in [0.29, 0.717) is 22.3 Å². The largest absolute Gasteiger partial charge is 0.350 e. The summed E-state index contributed by atoms with van der Waals surface area (Å²) in [6.45, 7) is 4.57. The molecule has 86 valence electrons. The van der Waals surface area contributed by atoms with Gasteiger partial charge in [0.25, 0.3) is 5.91 Å². The Morgan fingerprint density at radius 3 is 3.00 bits per heavy atom. The minimum atomic E-state index is -0.136. The first kappa shape index (κ1) is 11.0. The van der Waals surface area contributed by atoms with E-state index in [1.807, 2.05) is 0 Å². The van der Waals surface area contributed by atoms with Gasteiger partial charge >= 0.3 is 0 Å². The number of fused-ring (bicyclic) bond motifs is 1. The number of unbranched alkanes of at least 4 members (excludes halogenated alkanes) is 1. The van der Waals surface area contributed by atoms with Gasteiger partial charge in [-0.1, -0.05) is 24.7 Å². The zero-order valence-corrected chi connectivity index (χ0v) is 10.0. The van der Waals surface area contributed by atoms with Crippen LogP contribution in [0.25, 0.3) is 4.96 Å². The molecule has 0 radical (unpaired) electrons. The summed E-state index contributed by atoms with van der Waals surface area (Å²) in [5.74, 6) is 0.558. The summed E-state index contributed by atoms with van der Waals surface area (Å²) in [7, 11) is 0. The Morgan fingerprint density at radius 2 is 2.31 bits per heavy atom. The molecule has 2 heterocycles. The van der Waals surface area contributed by atoms with Gasteiger partial charge in [0, 0.05) is 6.54 Å². The standard InChI is InChI=1S/C9H13N5OS/c1-3-4-5-10-7(15)8-13-14-6(2)11-12-9(14)16-8/h3-5H2,1-2H3,(H,10,15). The van der Waals surface area contributed by atoms with Crippen LogP contribution in [0.2, 0.25) is 0 Å². The normalized spacial score (nSPS) is 10.9. The fourth-order valence-electron chi connectivity index (χ4n) is 1.26. The van der Waals surface area contributed by atoms with E-state index in [1.54, 1.807) is 11.4 Å². The molecule has 1 N–H and O–H groups in total. The molecule has 0 bridgehead atoms. The number of hydrogen-bond acceptors (Lipinski definition) is 5. The molecule has 6 nitrogen and oxygen atoms in total.